The van der Waals surface area contributed by atoms with Crippen molar-refractivity contribution < 1.29 is 9.18 Å². The summed E-state index contributed by atoms with van der Waals surface area (Å²) >= 11 is 7.59. The molecule has 176 valence electrons. The molecule has 1 saturated heterocycles. The molecule has 34 heavy (non-hydrogen) atoms. The number of carbonyl (C=O) groups excluding carboxylic acids is 1. The largest absolute Gasteiger partial charge is 0.285 e. The normalized spacial score (nSPS) is 14.8. The molecule has 1 N–H and O–H groups in total. The molecule has 1 fully saturated rings. The molecule has 3 aromatic rings. The summed E-state index contributed by atoms with van der Waals surface area (Å²) < 4.78 is 13.6. The van der Waals surface area contributed by atoms with E-state index in [0.29, 0.717) is 17.0 Å². The van der Waals surface area contributed by atoms with Gasteiger partial charge in [0.05, 0.1) is 10.7 Å². The van der Waals surface area contributed by atoms with Crippen molar-refractivity contribution in [1.82, 2.24) is 10.4 Å². The molecule has 0 bridgehead atoms. The number of carbonyl (C=O) groups is 1. The van der Waals surface area contributed by atoms with Crippen LogP contribution in [-0.4, -0.2) is 29.7 Å². The highest BCUT2D eigenvalue weighted by Gasteiger charge is 2.16. The van der Waals surface area contributed by atoms with Crippen LogP contribution in [-0.2, 0) is 0 Å². The van der Waals surface area contributed by atoms with Gasteiger partial charge in [0.15, 0.2) is 0 Å². The number of hydrogen-bond donors (Lipinski definition) is 1. The van der Waals surface area contributed by atoms with Gasteiger partial charge < -0.3 is 0 Å². The van der Waals surface area contributed by atoms with Gasteiger partial charge in [0.25, 0.3) is 5.91 Å². The summed E-state index contributed by atoms with van der Waals surface area (Å²) in [6, 6.07) is 18.3. The molecule has 1 amide bonds. The topological polar surface area (TPSA) is 44.7 Å². The first-order valence-corrected chi connectivity index (χ1v) is 12.5. The van der Waals surface area contributed by atoms with Gasteiger partial charge in [0.1, 0.15) is 5.82 Å². The lowest BCUT2D eigenvalue weighted by atomic mass is 10.1. The first kappa shape index (κ1) is 24.5. The van der Waals surface area contributed by atoms with E-state index in [0.717, 1.165) is 46.8 Å². The van der Waals surface area contributed by atoms with Crippen LogP contribution in [0.5, 0.6) is 0 Å². The van der Waals surface area contributed by atoms with Crippen molar-refractivity contribution in [1.29, 1.82) is 0 Å². The maximum absolute atomic E-state index is 13.6. The van der Waals surface area contributed by atoms with E-state index in [2.05, 4.69) is 24.5 Å². The van der Waals surface area contributed by atoms with E-state index in [-0.39, 0.29) is 10.9 Å². The molecule has 1 heterocycles. The minimum Gasteiger partial charge on any atom is -0.285 e. The molecule has 0 aliphatic carbocycles. The molecule has 0 atom stereocenters. The summed E-state index contributed by atoms with van der Waals surface area (Å²) in [5, 5.41) is 2.03. The number of aryl methyl sites for hydroxylation is 1. The second-order valence-electron chi connectivity index (χ2n) is 8.36. The van der Waals surface area contributed by atoms with Crippen LogP contribution < -0.4 is 5.43 Å². The van der Waals surface area contributed by atoms with Gasteiger partial charge in [-0.2, -0.15) is 0 Å². The standard InChI is InChI=1S/C27H27ClFN3OS/c1-18-8-4-5-9-25(18)34-26-13-11-21(27(33)31-32-14-6-3-7-15-32)17-24(26)30-19(2)20-10-12-23(29)22(28)16-20/h4-5,8-13,16-17H,3,6-7,14-15H2,1-2H3,(H,31,33). The minimum absolute atomic E-state index is 0.0521. The molecule has 1 aliphatic heterocycles. The Kier molecular flexibility index (Phi) is 8.03. The Hall–Kier alpha value is -2.67. The van der Waals surface area contributed by atoms with E-state index >= 15 is 0 Å². The van der Waals surface area contributed by atoms with E-state index in [9.17, 15) is 9.18 Å². The summed E-state index contributed by atoms with van der Waals surface area (Å²) in [6.45, 7) is 5.65. The van der Waals surface area contributed by atoms with E-state index in [1.807, 2.05) is 42.3 Å². The molecular formula is C27H27ClFN3OS. The monoisotopic (exact) mass is 495 g/mol. The number of aliphatic imine (C=N–C) groups is 1. The second kappa shape index (κ2) is 11.2. The SMILES string of the molecule is CC(=Nc1cc(C(=O)NN2CCCCC2)ccc1Sc1ccccc1C)c1ccc(F)c(Cl)c1. The maximum atomic E-state index is 13.6. The minimum atomic E-state index is -0.467. The van der Waals surface area contributed by atoms with Gasteiger partial charge in [0, 0.05) is 34.2 Å². The Balaban J connectivity index is 1.68. The first-order chi connectivity index (χ1) is 16.4. The van der Waals surface area contributed by atoms with Crippen molar-refractivity contribution in [3.63, 3.8) is 0 Å². The third kappa shape index (κ3) is 6.06. The number of hydrogen-bond acceptors (Lipinski definition) is 4. The summed E-state index contributed by atoms with van der Waals surface area (Å²) in [7, 11) is 0. The Morgan fingerprint density at radius 2 is 1.74 bits per heavy atom. The predicted molar refractivity (Wildman–Crippen MR) is 138 cm³/mol. The number of benzene rings is 3. The van der Waals surface area contributed by atoms with Crippen LogP contribution in [0.3, 0.4) is 0 Å². The maximum Gasteiger partial charge on any atom is 0.265 e. The van der Waals surface area contributed by atoms with Gasteiger partial charge in [0.2, 0.25) is 0 Å². The van der Waals surface area contributed by atoms with Crippen LogP contribution in [0, 0.1) is 12.7 Å². The van der Waals surface area contributed by atoms with Crippen molar-refractivity contribution in [3.05, 3.63) is 88.2 Å². The molecule has 0 unspecified atom stereocenters. The van der Waals surface area contributed by atoms with Crippen molar-refractivity contribution in [2.45, 2.75) is 42.9 Å². The number of halogens is 2. The van der Waals surface area contributed by atoms with Gasteiger partial charge in [-0.05, 0) is 74.2 Å². The zero-order valence-electron chi connectivity index (χ0n) is 19.3. The molecule has 0 saturated carbocycles. The zero-order chi connectivity index (χ0) is 24.1. The summed E-state index contributed by atoms with van der Waals surface area (Å²) in [5.41, 5.74) is 6.81. The molecular weight excluding hydrogens is 469 g/mol. The fourth-order valence-corrected chi connectivity index (χ4v) is 4.94. The summed E-state index contributed by atoms with van der Waals surface area (Å²) in [5.74, 6) is -0.612. The molecule has 0 spiro atoms. The fraction of sp³-hybridized carbons (Fsp3) is 0.259. The number of hydrazine groups is 1. The average Bonchev–Trinajstić information content (AvgIpc) is 2.83. The number of amides is 1. The van der Waals surface area contributed by atoms with Crippen molar-refractivity contribution >= 4 is 40.7 Å². The van der Waals surface area contributed by atoms with Gasteiger partial charge in [-0.15, -0.1) is 0 Å². The molecule has 4 rings (SSSR count). The van der Waals surface area contributed by atoms with Crippen molar-refractivity contribution in [2.75, 3.05) is 13.1 Å². The Morgan fingerprint density at radius 3 is 2.47 bits per heavy atom. The van der Waals surface area contributed by atoms with Crippen LogP contribution in [0.2, 0.25) is 5.02 Å². The van der Waals surface area contributed by atoms with Crippen molar-refractivity contribution in [2.24, 2.45) is 4.99 Å². The van der Waals surface area contributed by atoms with Crippen LogP contribution >= 0.6 is 23.4 Å². The summed E-state index contributed by atoms with van der Waals surface area (Å²) in [6.07, 6.45) is 3.37. The van der Waals surface area contributed by atoms with E-state index in [1.54, 1.807) is 23.9 Å². The van der Waals surface area contributed by atoms with Gasteiger partial charge in [-0.25, -0.2) is 9.40 Å². The molecule has 4 nitrogen and oxygen atoms in total. The van der Waals surface area contributed by atoms with E-state index < -0.39 is 5.82 Å². The van der Waals surface area contributed by atoms with Gasteiger partial charge in [-0.1, -0.05) is 54.0 Å². The Bertz CT molecular complexity index is 1220. The van der Waals surface area contributed by atoms with Crippen molar-refractivity contribution in [3.8, 4) is 0 Å². The van der Waals surface area contributed by atoms with Gasteiger partial charge >= 0.3 is 0 Å². The number of piperidine rings is 1. The molecule has 1 aliphatic rings. The van der Waals surface area contributed by atoms with Crippen LogP contribution in [0.4, 0.5) is 10.1 Å². The Labute approximate surface area is 209 Å². The lowest BCUT2D eigenvalue weighted by molar-refractivity contribution is 0.0750. The molecule has 0 aromatic heterocycles. The van der Waals surface area contributed by atoms with Crippen LogP contribution in [0.1, 0.15) is 47.7 Å². The molecule has 7 heteroatoms. The van der Waals surface area contributed by atoms with Gasteiger partial charge in [-0.3, -0.25) is 15.2 Å². The Morgan fingerprint density at radius 1 is 1.00 bits per heavy atom. The highest BCUT2D eigenvalue weighted by atomic mass is 35.5. The third-order valence-corrected chi connectivity index (χ3v) is 7.31. The lowest BCUT2D eigenvalue weighted by Crippen LogP contribution is -2.45. The van der Waals surface area contributed by atoms with Crippen LogP contribution in [0.15, 0.2) is 75.4 Å². The smallest absolute Gasteiger partial charge is 0.265 e. The highest BCUT2D eigenvalue weighted by Crippen LogP contribution is 2.37. The first-order valence-electron chi connectivity index (χ1n) is 11.3. The highest BCUT2D eigenvalue weighted by molar-refractivity contribution is 7.99. The second-order valence-corrected chi connectivity index (χ2v) is 9.86. The van der Waals surface area contributed by atoms with E-state index in [4.69, 9.17) is 16.6 Å². The lowest BCUT2D eigenvalue weighted by Gasteiger charge is -2.26. The molecule has 0 radical (unpaired) electrons. The number of rotatable bonds is 6. The van der Waals surface area contributed by atoms with Crippen LogP contribution in [0.25, 0.3) is 0 Å². The van der Waals surface area contributed by atoms with E-state index in [1.165, 1.54) is 12.5 Å². The number of nitrogens with one attached hydrogen (secondary N) is 1. The summed E-state index contributed by atoms with van der Waals surface area (Å²) in [4.78, 5) is 19.8. The quantitative estimate of drug-likeness (QED) is 0.367. The average molecular weight is 496 g/mol. The zero-order valence-corrected chi connectivity index (χ0v) is 20.8. The molecule has 3 aromatic carbocycles. The third-order valence-electron chi connectivity index (χ3n) is 5.78. The fourth-order valence-electron chi connectivity index (χ4n) is 3.80. The number of nitrogens with zero attached hydrogens (tertiary/aromatic N) is 2. The predicted octanol–water partition coefficient (Wildman–Crippen LogP) is 7.21.